The lowest BCUT2D eigenvalue weighted by atomic mass is 9.98. The van der Waals surface area contributed by atoms with Crippen LogP contribution in [0.2, 0.25) is 0 Å². The minimum absolute atomic E-state index is 0.127. The molecule has 0 radical (unpaired) electrons. The van der Waals surface area contributed by atoms with Gasteiger partial charge in [0.25, 0.3) is 5.69 Å². The second-order valence-corrected chi connectivity index (χ2v) is 5.55. The lowest BCUT2D eigenvalue weighted by Gasteiger charge is -2.32. The van der Waals surface area contributed by atoms with E-state index >= 15 is 0 Å². The number of likely N-dealkylation sites (tertiary alicyclic amines) is 1. The summed E-state index contributed by atoms with van der Waals surface area (Å²) in [5.74, 6) is 0.319. The van der Waals surface area contributed by atoms with E-state index in [0.29, 0.717) is 12.5 Å². The number of non-ortho nitro benzene ring substituents is 1. The first kappa shape index (κ1) is 15.7. The van der Waals surface area contributed by atoms with Crippen molar-refractivity contribution in [3.8, 4) is 0 Å². The maximum absolute atomic E-state index is 11.0. The standard InChI is InChI=1S/C15H23N3O3/c1-2-16-15-6-5-14(18(20)21)8-13(15)10-17-7-3-4-12(9-17)11-19/h5-6,8,12,16,19H,2-4,7,9-11H2,1H3. The molecule has 0 aliphatic carbocycles. The van der Waals surface area contributed by atoms with Crippen LogP contribution in [0.25, 0.3) is 0 Å². The Kier molecular flexibility index (Phi) is 5.52. The number of hydrogen-bond donors (Lipinski definition) is 2. The molecule has 6 nitrogen and oxygen atoms in total. The third kappa shape index (κ3) is 4.15. The number of piperidine rings is 1. The van der Waals surface area contributed by atoms with Gasteiger partial charge in [-0.2, -0.15) is 0 Å². The molecule has 2 N–H and O–H groups in total. The van der Waals surface area contributed by atoms with Gasteiger partial charge in [-0.15, -0.1) is 0 Å². The Morgan fingerprint density at radius 3 is 3.00 bits per heavy atom. The Morgan fingerprint density at radius 2 is 2.33 bits per heavy atom. The highest BCUT2D eigenvalue weighted by Crippen LogP contribution is 2.25. The van der Waals surface area contributed by atoms with Crippen molar-refractivity contribution in [3.05, 3.63) is 33.9 Å². The zero-order chi connectivity index (χ0) is 15.2. The molecule has 1 saturated heterocycles. The van der Waals surface area contributed by atoms with Crippen LogP contribution < -0.4 is 5.32 Å². The van der Waals surface area contributed by atoms with E-state index in [1.807, 2.05) is 6.92 Å². The predicted molar refractivity (Wildman–Crippen MR) is 82.3 cm³/mol. The van der Waals surface area contributed by atoms with Crippen molar-refractivity contribution in [2.45, 2.75) is 26.3 Å². The van der Waals surface area contributed by atoms with Crippen molar-refractivity contribution < 1.29 is 10.0 Å². The third-order valence-electron chi connectivity index (χ3n) is 3.92. The quantitative estimate of drug-likeness (QED) is 0.621. The fraction of sp³-hybridized carbons (Fsp3) is 0.600. The molecular formula is C15H23N3O3. The monoisotopic (exact) mass is 293 g/mol. The molecule has 0 spiro atoms. The van der Waals surface area contributed by atoms with Crippen LogP contribution in [0.1, 0.15) is 25.3 Å². The number of rotatable bonds is 6. The van der Waals surface area contributed by atoms with Gasteiger partial charge in [-0.1, -0.05) is 0 Å². The number of nitrogens with one attached hydrogen (secondary N) is 1. The van der Waals surface area contributed by atoms with E-state index in [-0.39, 0.29) is 17.2 Å². The lowest BCUT2D eigenvalue weighted by molar-refractivity contribution is -0.384. The second-order valence-electron chi connectivity index (χ2n) is 5.55. The molecule has 21 heavy (non-hydrogen) atoms. The summed E-state index contributed by atoms with van der Waals surface area (Å²) in [4.78, 5) is 12.9. The van der Waals surface area contributed by atoms with Gasteiger partial charge in [0.2, 0.25) is 0 Å². The molecule has 0 saturated carbocycles. The zero-order valence-electron chi connectivity index (χ0n) is 12.4. The largest absolute Gasteiger partial charge is 0.396 e. The Labute approximate surface area is 124 Å². The summed E-state index contributed by atoms with van der Waals surface area (Å²) >= 11 is 0. The van der Waals surface area contributed by atoms with Gasteiger partial charge in [-0.05, 0) is 43.9 Å². The van der Waals surface area contributed by atoms with Gasteiger partial charge in [-0.25, -0.2) is 0 Å². The average molecular weight is 293 g/mol. The summed E-state index contributed by atoms with van der Waals surface area (Å²) in [6, 6.07) is 4.97. The van der Waals surface area contributed by atoms with Gasteiger partial charge in [0.1, 0.15) is 0 Å². The second kappa shape index (κ2) is 7.38. The van der Waals surface area contributed by atoms with Crippen LogP contribution in [-0.2, 0) is 6.54 Å². The zero-order valence-corrected chi connectivity index (χ0v) is 12.4. The summed E-state index contributed by atoms with van der Waals surface area (Å²) < 4.78 is 0. The normalized spacial score (nSPS) is 19.4. The molecule has 116 valence electrons. The molecule has 1 atom stereocenters. The number of aliphatic hydroxyl groups is 1. The van der Waals surface area contributed by atoms with Crippen LogP contribution >= 0.6 is 0 Å². The smallest absolute Gasteiger partial charge is 0.269 e. The van der Waals surface area contributed by atoms with Crippen molar-refractivity contribution in [2.75, 3.05) is 31.6 Å². The molecule has 0 bridgehead atoms. The maximum atomic E-state index is 11.0. The molecule has 6 heteroatoms. The summed E-state index contributed by atoms with van der Waals surface area (Å²) in [6.45, 7) is 5.51. The van der Waals surface area contributed by atoms with Crippen LogP contribution in [0.5, 0.6) is 0 Å². The number of aliphatic hydroxyl groups excluding tert-OH is 1. The first-order valence-corrected chi connectivity index (χ1v) is 7.48. The van der Waals surface area contributed by atoms with Gasteiger partial charge in [0, 0.05) is 44.1 Å². The number of nitro benzene ring substituents is 1. The topological polar surface area (TPSA) is 78.6 Å². The molecule has 0 aromatic heterocycles. The van der Waals surface area contributed by atoms with Gasteiger partial charge in [0.15, 0.2) is 0 Å². The number of anilines is 1. The molecular weight excluding hydrogens is 270 g/mol. The Balaban J connectivity index is 2.15. The number of nitro groups is 1. The van der Waals surface area contributed by atoms with Crippen LogP contribution in [0.15, 0.2) is 18.2 Å². The maximum Gasteiger partial charge on any atom is 0.269 e. The first-order valence-electron chi connectivity index (χ1n) is 7.48. The molecule has 1 unspecified atom stereocenters. The van der Waals surface area contributed by atoms with E-state index < -0.39 is 0 Å². The predicted octanol–water partition coefficient (Wildman–Crippen LogP) is 2.23. The van der Waals surface area contributed by atoms with Crippen molar-refractivity contribution in [1.82, 2.24) is 4.90 Å². The van der Waals surface area contributed by atoms with E-state index in [2.05, 4.69) is 10.2 Å². The average Bonchev–Trinajstić information content (AvgIpc) is 2.49. The Bertz CT molecular complexity index is 493. The minimum atomic E-state index is -0.355. The molecule has 1 aliphatic heterocycles. The number of hydrogen-bond acceptors (Lipinski definition) is 5. The van der Waals surface area contributed by atoms with Crippen LogP contribution in [0.4, 0.5) is 11.4 Å². The van der Waals surface area contributed by atoms with Gasteiger partial charge in [0.05, 0.1) is 4.92 Å². The van der Waals surface area contributed by atoms with Crippen molar-refractivity contribution in [2.24, 2.45) is 5.92 Å². The molecule has 1 aliphatic rings. The van der Waals surface area contributed by atoms with E-state index in [0.717, 1.165) is 43.7 Å². The van der Waals surface area contributed by atoms with Gasteiger partial charge >= 0.3 is 0 Å². The fourth-order valence-corrected chi connectivity index (χ4v) is 2.87. The van der Waals surface area contributed by atoms with Gasteiger partial charge in [-0.3, -0.25) is 15.0 Å². The minimum Gasteiger partial charge on any atom is -0.396 e. The third-order valence-corrected chi connectivity index (χ3v) is 3.92. The Hall–Kier alpha value is -1.66. The fourth-order valence-electron chi connectivity index (χ4n) is 2.87. The SMILES string of the molecule is CCNc1ccc([N+](=O)[O-])cc1CN1CCCC(CO)C1. The summed E-state index contributed by atoms with van der Waals surface area (Å²) in [5, 5.41) is 23.5. The molecule has 2 rings (SSSR count). The number of nitrogens with zero attached hydrogens (tertiary/aromatic N) is 2. The van der Waals surface area contributed by atoms with Crippen molar-refractivity contribution in [1.29, 1.82) is 0 Å². The molecule has 1 fully saturated rings. The number of benzene rings is 1. The van der Waals surface area contributed by atoms with E-state index in [4.69, 9.17) is 0 Å². The van der Waals surface area contributed by atoms with Gasteiger partial charge < -0.3 is 10.4 Å². The van der Waals surface area contributed by atoms with Crippen LogP contribution in [-0.4, -0.2) is 41.2 Å². The van der Waals surface area contributed by atoms with E-state index in [1.165, 1.54) is 6.07 Å². The highest BCUT2D eigenvalue weighted by Gasteiger charge is 2.21. The summed E-state index contributed by atoms with van der Waals surface area (Å²) in [6.07, 6.45) is 2.12. The van der Waals surface area contributed by atoms with Crippen molar-refractivity contribution in [3.63, 3.8) is 0 Å². The summed E-state index contributed by atoms with van der Waals surface area (Å²) in [7, 11) is 0. The van der Waals surface area contributed by atoms with Crippen LogP contribution in [0.3, 0.4) is 0 Å². The molecule has 1 heterocycles. The van der Waals surface area contributed by atoms with Crippen molar-refractivity contribution >= 4 is 11.4 Å². The summed E-state index contributed by atoms with van der Waals surface area (Å²) in [5.41, 5.74) is 2.03. The highest BCUT2D eigenvalue weighted by molar-refractivity contribution is 5.56. The Morgan fingerprint density at radius 1 is 1.52 bits per heavy atom. The van der Waals surface area contributed by atoms with Crippen LogP contribution in [0, 0.1) is 16.0 Å². The highest BCUT2D eigenvalue weighted by atomic mass is 16.6. The first-order chi connectivity index (χ1) is 10.1. The van der Waals surface area contributed by atoms with E-state index in [1.54, 1.807) is 12.1 Å². The molecule has 1 aromatic carbocycles. The molecule has 0 amide bonds. The van der Waals surface area contributed by atoms with E-state index in [9.17, 15) is 15.2 Å². The molecule has 1 aromatic rings. The lowest BCUT2D eigenvalue weighted by Crippen LogP contribution is -2.36.